The van der Waals surface area contributed by atoms with E-state index in [9.17, 15) is 4.79 Å². The number of ether oxygens (including phenoxy) is 3. The molecule has 0 N–H and O–H groups in total. The van der Waals surface area contributed by atoms with Crippen LogP contribution in [0.1, 0.15) is 27.7 Å². The maximum atomic E-state index is 11.6. The van der Waals surface area contributed by atoms with Gasteiger partial charge in [-0.05, 0) is 27.7 Å². The largest absolute Gasteiger partial charge is 0.482 e. The molecule has 0 saturated heterocycles. The molecule has 0 bridgehead atoms. The van der Waals surface area contributed by atoms with Crippen LogP contribution in [-0.2, 0) is 50.5 Å². The van der Waals surface area contributed by atoms with Gasteiger partial charge in [-0.1, -0.05) is 0 Å². The van der Waals surface area contributed by atoms with Crippen molar-refractivity contribution in [2.45, 2.75) is 27.7 Å². The Morgan fingerprint density at radius 1 is 0.833 bits per heavy atom. The molecule has 6 nitrogen and oxygen atoms in total. The molecular formula is C11H20O6Ti. The molecule has 0 aromatic heterocycles. The molecule has 0 amide bonds. The number of hydrogen-bond acceptors (Lipinski definition) is 6. The molecule has 0 aliphatic carbocycles. The van der Waals surface area contributed by atoms with Gasteiger partial charge in [0.05, 0.1) is 26.4 Å². The van der Waals surface area contributed by atoms with Crippen molar-refractivity contribution < 1.29 is 50.5 Å². The fourth-order valence-electron chi connectivity index (χ4n) is 0.931. The fourth-order valence-corrected chi connectivity index (χ4v) is 0.931. The van der Waals surface area contributed by atoms with Crippen LogP contribution in [0.5, 0.6) is 0 Å². The predicted molar refractivity (Wildman–Crippen MR) is 59.6 cm³/mol. The molecule has 0 aromatic carbocycles. The zero-order valence-electron chi connectivity index (χ0n) is 11.3. The summed E-state index contributed by atoms with van der Waals surface area (Å²) >= 11 is 0. The summed E-state index contributed by atoms with van der Waals surface area (Å²) < 4.78 is 15.5. The monoisotopic (exact) mass is 296 g/mol. The molecule has 0 radical (unpaired) electrons. The molecule has 0 aromatic rings. The van der Waals surface area contributed by atoms with Crippen LogP contribution in [0, 0.1) is 0 Å². The van der Waals surface area contributed by atoms with E-state index in [1.165, 1.54) is 0 Å². The van der Waals surface area contributed by atoms with Gasteiger partial charge in [0.15, 0.2) is 0 Å². The Bertz CT molecular complexity index is 246. The van der Waals surface area contributed by atoms with Gasteiger partial charge < -0.3 is 14.2 Å². The van der Waals surface area contributed by atoms with Crippen LogP contribution < -0.4 is 0 Å². The number of carbonyl (C=O) groups is 1. The van der Waals surface area contributed by atoms with E-state index in [0.29, 0.717) is 19.8 Å². The first-order valence-corrected chi connectivity index (χ1v) is 5.67. The van der Waals surface area contributed by atoms with Crippen molar-refractivity contribution in [2.75, 3.05) is 26.4 Å². The summed E-state index contributed by atoms with van der Waals surface area (Å²) in [5.74, 6) is -0.878. The quantitative estimate of drug-likeness (QED) is 0.212. The van der Waals surface area contributed by atoms with Gasteiger partial charge in [-0.15, -0.1) is 0 Å². The summed E-state index contributed by atoms with van der Waals surface area (Å²) in [7, 11) is 0. The first kappa shape index (κ1) is 19.6. The predicted octanol–water partition coefficient (Wildman–Crippen LogP) is 1.76. The fraction of sp³-hybridized carbons (Fsp3) is 0.727. The van der Waals surface area contributed by atoms with Crippen molar-refractivity contribution in [3.8, 4) is 0 Å². The zero-order valence-corrected chi connectivity index (χ0v) is 12.8. The summed E-state index contributed by atoms with van der Waals surface area (Å²) in [6.07, 6.45) is 0. The van der Waals surface area contributed by atoms with E-state index in [0.717, 1.165) is 0 Å². The third-order valence-corrected chi connectivity index (χ3v) is 1.46. The van der Waals surface area contributed by atoms with E-state index < -0.39 is 5.97 Å². The maximum Gasteiger partial charge on any atom is 0.414 e. The Hall–Kier alpha value is -0.716. The van der Waals surface area contributed by atoms with Crippen LogP contribution in [0.2, 0.25) is 0 Å². The van der Waals surface area contributed by atoms with E-state index in [1.54, 1.807) is 27.7 Å². The van der Waals surface area contributed by atoms with Gasteiger partial charge in [-0.25, -0.2) is 4.79 Å². The van der Waals surface area contributed by atoms with Crippen LogP contribution >= 0.6 is 0 Å². The number of carbonyl (C=O) groups excluding carboxylic acids is 1. The average molecular weight is 296 g/mol. The molecule has 0 saturated carbocycles. The van der Waals surface area contributed by atoms with Crippen molar-refractivity contribution in [3.63, 3.8) is 0 Å². The minimum atomic E-state index is -0.773. The molecular weight excluding hydrogens is 276 g/mol. The third-order valence-electron chi connectivity index (χ3n) is 1.46. The number of rotatable bonds is 9. The summed E-state index contributed by atoms with van der Waals surface area (Å²) in [6, 6.07) is 0. The molecule has 0 aliphatic rings. The van der Waals surface area contributed by atoms with Gasteiger partial charge in [0.25, 0.3) is 5.76 Å². The van der Waals surface area contributed by atoms with E-state index >= 15 is 0 Å². The van der Waals surface area contributed by atoms with E-state index in [4.69, 9.17) is 14.2 Å². The Balaban J connectivity index is 0. The zero-order chi connectivity index (χ0) is 13.1. The molecule has 0 heterocycles. The normalized spacial score (nSPS) is 8.89. The standard InChI is InChI=1S/C11H20O6.Ti/c1-5-13-9(10(12)17-16-8-4)11(14-6-2)15-7-3;/h5-8H2,1-4H3;. The second-order valence-electron chi connectivity index (χ2n) is 2.69. The first-order chi connectivity index (χ1) is 8.21. The second-order valence-corrected chi connectivity index (χ2v) is 2.69. The molecule has 104 valence electrons. The van der Waals surface area contributed by atoms with Crippen molar-refractivity contribution in [3.05, 3.63) is 11.7 Å². The minimum absolute atomic E-state index is 0. The maximum absolute atomic E-state index is 11.6. The van der Waals surface area contributed by atoms with Gasteiger partial charge in [-0.3, -0.25) is 4.89 Å². The van der Waals surface area contributed by atoms with Gasteiger partial charge in [0.1, 0.15) is 0 Å². The van der Waals surface area contributed by atoms with Gasteiger partial charge >= 0.3 is 11.9 Å². The number of hydrogen-bond donors (Lipinski definition) is 0. The Kier molecular flexibility index (Phi) is 13.9. The molecule has 7 heteroatoms. The van der Waals surface area contributed by atoms with Crippen LogP contribution in [0.3, 0.4) is 0 Å². The van der Waals surface area contributed by atoms with E-state index in [2.05, 4.69) is 9.78 Å². The van der Waals surface area contributed by atoms with E-state index in [1.807, 2.05) is 0 Å². The summed E-state index contributed by atoms with van der Waals surface area (Å²) in [5, 5.41) is 0. The van der Waals surface area contributed by atoms with Crippen molar-refractivity contribution in [2.24, 2.45) is 0 Å². The summed E-state index contributed by atoms with van der Waals surface area (Å²) in [5.41, 5.74) is 0. The van der Waals surface area contributed by atoms with Crippen LogP contribution in [0.15, 0.2) is 11.7 Å². The van der Waals surface area contributed by atoms with Crippen molar-refractivity contribution in [1.29, 1.82) is 0 Å². The molecule has 0 unspecified atom stereocenters. The van der Waals surface area contributed by atoms with Crippen molar-refractivity contribution >= 4 is 5.97 Å². The topological polar surface area (TPSA) is 63.2 Å². The summed E-state index contributed by atoms with van der Waals surface area (Å²) in [6.45, 7) is 8.24. The molecule has 0 spiro atoms. The van der Waals surface area contributed by atoms with Crippen LogP contribution in [-0.4, -0.2) is 32.4 Å². The SMILES string of the molecule is CCOOC(=O)C(OCC)=C(OCC)OCC.[Ti]. The van der Waals surface area contributed by atoms with Crippen LogP contribution in [0.4, 0.5) is 0 Å². The van der Waals surface area contributed by atoms with Gasteiger partial charge in [0.2, 0.25) is 0 Å². The summed E-state index contributed by atoms with van der Waals surface area (Å²) in [4.78, 5) is 20.6. The first-order valence-electron chi connectivity index (χ1n) is 5.67. The molecule has 0 rings (SSSR count). The van der Waals surface area contributed by atoms with Gasteiger partial charge in [0, 0.05) is 21.7 Å². The second kappa shape index (κ2) is 12.7. The molecule has 18 heavy (non-hydrogen) atoms. The minimum Gasteiger partial charge on any atom is -0.482 e. The third kappa shape index (κ3) is 7.58. The van der Waals surface area contributed by atoms with Crippen molar-refractivity contribution in [1.82, 2.24) is 0 Å². The molecule has 0 aliphatic heterocycles. The van der Waals surface area contributed by atoms with Crippen LogP contribution in [0.25, 0.3) is 0 Å². The average Bonchev–Trinajstić information content (AvgIpc) is 2.33. The Labute approximate surface area is 122 Å². The Morgan fingerprint density at radius 2 is 1.33 bits per heavy atom. The van der Waals surface area contributed by atoms with E-state index in [-0.39, 0.29) is 40.0 Å². The Morgan fingerprint density at radius 3 is 1.72 bits per heavy atom. The molecule has 0 atom stereocenters. The molecule has 0 fully saturated rings. The smallest absolute Gasteiger partial charge is 0.414 e. The van der Waals surface area contributed by atoms with Gasteiger partial charge in [-0.2, -0.15) is 4.89 Å².